The summed E-state index contributed by atoms with van der Waals surface area (Å²) in [6, 6.07) is 10.2. The van der Waals surface area contributed by atoms with E-state index in [9.17, 15) is 9.90 Å². The van der Waals surface area contributed by atoms with Gasteiger partial charge in [-0.3, -0.25) is 4.79 Å². The fraction of sp³-hybridized carbons (Fsp3) is 0.400. The second-order valence-electron chi connectivity index (χ2n) is 8.76. The van der Waals surface area contributed by atoms with E-state index in [4.69, 9.17) is 9.51 Å². The third-order valence-corrected chi connectivity index (χ3v) is 7.08. The fourth-order valence-electron chi connectivity index (χ4n) is 4.45. The van der Waals surface area contributed by atoms with Gasteiger partial charge in [-0.05, 0) is 61.9 Å². The Morgan fingerprint density at radius 1 is 1.20 bits per heavy atom. The molecule has 184 valence electrons. The average Bonchev–Trinajstić information content (AvgIpc) is 3.42. The van der Waals surface area contributed by atoms with E-state index in [0.717, 1.165) is 64.5 Å². The molecule has 1 atom stereocenters. The molecule has 10 heteroatoms. The summed E-state index contributed by atoms with van der Waals surface area (Å²) in [7, 11) is 0. The van der Waals surface area contributed by atoms with Gasteiger partial charge in [0.15, 0.2) is 5.82 Å². The molecular formula is C25H28ClN5O3S. The summed E-state index contributed by atoms with van der Waals surface area (Å²) >= 11 is 1.63. The minimum Gasteiger partial charge on any atom is -0.481 e. The van der Waals surface area contributed by atoms with Crippen LogP contribution < -0.4 is 5.32 Å². The number of aryl methyl sites for hydroxylation is 4. The van der Waals surface area contributed by atoms with Crippen LogP contribution in [0.4, 0.5) is 5.82 Å². The first-order chi connectivity index (χ1) is 16.5. The van der Waals surface area contributed by atoms with Crippen LogP contribution >= 0.6 is 23.7 Å². The molecule has 0 bridgehead atoms. The summed E-state index contributed by atoms with van der Waals surface area (Å²) in [5, 5.41) is 17.9. The number of anilines is 1. The number of hydrogen-bond acceptors (Lipinski definition) is 8. The number of aromatic nitrogens is 4. The van der Waals surface area contributed by atoms with Crippen LogP contribution in [0.3, 0.4) is 0 Å². The second-order valence-corrected chi connectivity index (χ2v) is 9.99. The monoisotopic (exact) mass is 513 g/mol. The molecule has 0 radical (unpaired) electrons. The van der Waals surface area contributed by atoms with Crippen molar-refractivity contribution in [3.8, 4) is 0 Å². The predicted octanol–water partition coefficient (Wildman–Crippen LogP) is 5.14. The normalized spacial score (nSPS) is 13.6. The van der Waals surface area contributed by atoms with Crippen molar-refractivity contribution in [1.29, 1.82) is 0 Å². The molecule has 1 aliphatic heterocycles. The van der Waals surface area contributed by atoms with Crippen LogP contribution in [0, 0.1) is 6.92 Å². The molecule has 0 aliphatic carbocycles. The van der Waals surface area contributed by atoms with Crippen LogP contribution in [0.1, 0.15) is 58.7 Å². The number of hydrogen-bond donors (Lipinski definition) is 2. The molecule has 1 aromatic carbocycles. The van der Waals surface area contributed by atoms with Gasteiger partial charge in [0.2, 0.25) is 5.89 Å². The molecule has 4 heterocycles. The van der Waals surface area contributed by atoms with E-state index in [0.29, 0.717) is 24.6 Å². The Labute approximate surface area is 213 Å². The number of pyridine rings is 1. The topological polar surface area (TPSA) is 114 Å². The lowest BCUT2D eigenvalue weighted by Crippen LogP contribution is -2.14. The van der Waals surface area contributed by atoms with E-state index in [-0.39, 0.29) is 24.7 Å². The molecule has 1 unspecified atom stereocenters. The lowest BCUT2D eigenvalue weighted by Gasteiger charge is -2.17. The summed E-state index contributed by atoms with van der Waals surface area (Å²) in [5.41, 5.74) is 4.17. The Bertz CT molecular complexity index is 1320. The zero-order valence-electron chi connectivity index (χ0n) is 19.5. The smallest absolute Gasteiger partial charge is 0.303 e. The van der Waals surface area contributed by atoms with Gasteiger partial charge < -0.3 is 14.9 Å². The molecule has 1 aliphatic rings. The first-order valence-electron chi connectivity index (χ1n) is 11.7. The van der Waals surface area contributed by atoms with E-state index < -0.39 is 5.97 Å². The number of fused-ring (bicyclic) bond motifs is 2. The van der Waals surface area contributed by atoms with Crippen LogP contribution in [0.25, 0.3) is 10.2 Å². The van der Waals surface area contributed by atoms with Crippen LogP contribution in [0.2, 0.25) is 0 Å². The van der Waals surface area contributed by atoms with Crippen molar-refractivity contribution in [2.45, 2.75) is 57.8 Å². The number of rotatable bonds is 9. The molecule has 8 nitrogen and oxygen atoms in total. The van der Waals surface area contributed by atoms with Crippen molar-refractivity contribution in [2.75, 3.05) is 11.9 Å². The minimum absolute atomic E-state index is 0. The minimum atomic E-state index is -0.855. The van der Waals surface area contributed by atoms with E-state index in [1.54, 1.807) is 11.3 Å². The molecule has 2 N–H and O–H groups in total. The van der Waals surface area contributed by atoms with Gasteiger partial charge in [0, 0.05) is 31.0 Å². The van der Waals surface area contributed by atoms with Crippen molar-refractivity contribution in [2.24, 2.45) is 0 Å². The lowest BCUT2D eigenvalue weighted by molar-refractivity contribution is -0.137. The first-order valence-corrected chi connectivity index (χ1v) is 12.5. The van der Waals surface area contributed by atoms with Crippen LogP contribution in [-0.4, -0.2) is 37.7 Å². The highest BCUT2D eigenvalue weighted by molar-refractivity contribution is 7.18. The number of thiazole rings is 1. The standard InChI is InChI=1S/C25H27N5O3S.ClH/c1-15-27-20-12-17(8-10-21(20)34-15)18(14-24(31)32)13-23-29-22(30-33-23)6-2-5-19-9-7-16-4-3-11-26-25(16)28-19;/h7-10,12,18H,2-6,11,13-14H2,1H3,(H,26,28)(H,31,32);1H. The SMILES string of the molecule is Cc1nc2cc(C(CC(=O)O)Cc3nc(CCCc4ccc5c(n4)NCCC5)no3)ccc2s1.Cl. The van der Waals surface area contributed by atoms with E-state index in [2.05, 4.69) is 32.6 Å². The molecule has 3 aromatic heterocycles. The van der Waals surface area contributed by atoms with Crippen molar-refractivity contribution in [3.63, 3.8) is 0 Å². The Morgan fingerprint density at radius 3 is 2.94 bits per heavy atom. The van der Waals surface area contributed by atoms with E-state index in [1.807, 2.05) is 25.1 Å². The molecule has 0 saturated carbocycles. The van der Waals surface area contributed by atoms with E-state index >= 15 is 0 Å². The number of carboxylic acid groups (broad SMARTS) is 1. The molecule has 5 rings (SSSR count). The van der Waals surface area contributed by atoms with Gasteiger partial charge in [-0.2, -0.15) is 4.98 Å². The van der Waals surface area contributed by atoms with Gasteiger partial charge >= 0.3 is 5.97 Å². The van der Waals surface area contributed by atoms with Gasteiger partial charge in [0.25, 0.3) is 0 Å². The maximum absolute atomic E-state index is 11.5. The fourth-order valence-corrected chi connectivity index (χ4v) is 5.26. The number of carbonyl (C=O) groups is 1. The van der Waals surface area contributed by atoms with Gasteiger partial charge in [0.1, 0.15) is 5.82 Å². The maximum atomic E-state index is 11.5. The molecule has 0 saturated heterocycles. The zero-order chi connectivity index (χ0) is 23.5. The summed E-state index contributed by atoms with van der Waals surface area (Å²) < 4.78 is 6.57. The van der Waals surface area contributed by atoms with Gasteiger partial charge in [-0.25, -0.2) is 9.97 Å². The Hall–Kier alpha value is -3.04. The number of aliphatic carboxylic acids is 1. The van der Waals surface area contributed by atoms with Crippen LogP contribution in [0.15, 0.2) is 34.9 Å². The first kappa shape index (κ1) is 25.1. The summed E-state index contributed by atoms with van der Waals surface area (Å²) in [6.45, 7) is 2.95. The molecular weight excluding hydrogens is 486 g/mol. The predicted molar refractivity (Wildman–Crippen MR) is 138 cm³/mol. The zero-order valence-corrected chi connectivity index (χ0v) is 21.1. The van der Waals surface area contributed by atoms with Crippen molar-refractivity contribution in [3.05, 3.63) is 63.9 Å². The van der Waals surface area contributed by atoms with Crippen molar-refractivity contribution >= 4 is 45.7 Å². The third-order valence-electron chi connectivity index (χ3n) is 6.13. The Balaban J connectivity index is 0.00000289. The molecule has 4 aromatic rings. The highest BCUT2D eigenvalue weighted by Crippen LogP contribution is 2.29. The summed E-state index contributed by atoms with van der Waals surface area (Å²) in [4.78, 5) is 25.3. The maximum Gasteiger partial charge on any atom is 0.303 e. The highest BCUT2D eigenvalue weighted by Gasteiger charge is 2.21. The summed E-state index contributed by atoms with van der Waals surface area (Å²) in [6.07, 6.45) is 5.00. The second kappa shape index (κ2) is 11.1. The van der Waals surface area contributed by atoms with Crippen molar-refractivity contribution < 1.29 is 14.4 Å². The van der Waals surface area contributed by atoms with Gasteiger partial charge in [0.05, 0.1) is 21.6 Å². The highest BCUT2D eigenvalue weighted by atomic mass is 35.5. The molecule has 0 amide bonds. The van der Waals surface area contributed by atoms with Crippen molar-refractivity contribution in [1.82, 2.24) is 20.1 Å². The number of carboxylic acids is 1. The quantitative estimate of drug-likeness (QED) is 0.316. The number of nitrogens with zero attached hydrogens (tertiary/aromatic N) is 4. The molecule has 0 fully saturated rings. The molecule has 35 heavy (non-hydrogen) atoms. The summed E-state index contributed by atoms with van der Waals surface area (Å²) in [5.74, 6) is 1.01. The van der Waals surface area contributed by atoms with E-state index in [1.165, 1.54) is 5.56 Å². The lowest BCUT2D eigenvalue weighted by atomic mass is 9.92. The number of nitrogens with one attached hydrogen (secondary N) is 1. The number of benzene rings is 1. The Kier molecular flexibility index (Phi) is 7.97. The van der Waals surface area contributed by atoms with Gasteiger partial charge in [-0.15, -0.1) is 23.7 Å². The third kappa shape index (κ3) is 6.15. The average molecular weight is 514 g/mol. The van der Waals surface area contributed by atoms with Crippen LogP contribution in [-0.2, 0) is 30.5 Å². The van der Waals surface area contributed by atoms with Crippen LogP contribution in [0.5, 0.6) is 0 Å². The number of halogens is 1. The van der Waals surface area contributed by atoms with Gasteiger partial charge in [-0.1, -0.05) is 17.3 Å². The molecule has 0 spiro atoms. The Morgan fingerprint density at radius 2 is 2.09 bits per heavy atom. The largest absolute Gasteiger partial charge is 0.481 e.